The molecule has 0 radical (unpaired) electrons. The summed E-state index contributed by atoms with van der Waals surface area (Å²) in [4.78, 5) is 12.8. The second-order valence-electron chi connectivity index (χ2n) is 3.29. The Bertz CT molecular complexity index is 130. The smallest absolute Gasteiger partial charge is 0.228 e. The highest BCUT2D eigenvalue weighted by Crippen LogP contribution is 2.14. The molecule has 0 rings (SSSR count). The summed E-state index contributed by atoms with van der Waals surface area (Å²) in [5.74, 6) is 0.0787. The first kappa shape index (κ1) is 9.43. The van der Waals surface area contributed by atoms with Gasteiger partial charge in [-0.05, 0) is 13.8 Å². The molecule has 10 heavy (non-hydrogen) atoms. The molecule has 0 aliphatic heterocycles. The first-order valence-electron chi connectivity index (χ1n) is 3.33. The molecular weight excluding hydrogens is 128 g/mol. The molecule has 0 saturated heterocycles. The lowest BCUT2D eigenvalue weighted by atomic mass is 9.92. The molecule has 0 aliphatic rings. The lowest BCUT2D eigenvalue weighted by Gasteiger charge is -2.24. The van der Waals surface area contributed by atoms with Gasteiger partial charge in [-0.15, -0.1) is 0 Å². The molecule has 0 spiro atoms. The molecule has 0 fully saturated rings. The number of amides is 1. The van der Waals surface area contributed by atoms with Crippen LogP contribution in [0.2, 0.25) is 0 Å². The van der Waals surface area contributed by atoms with E-state index in [2.05, 4.69) is 0 Å². The van der Waals surface area contributed by atoms with Crippen LogP contribution in [0, 0.1) is 5.41 Å². The third-order valence-electron chi connectivity index (χ3n) is 1.50. The highest BCUT2D eigenvalue weighted by atomic mass is 16.2. The van der Waals surface area contributed by atoms with Crippen molar-refractivity contribution >= 4 is 5.91 Å². The first-order chi connectivity index (χ1) is 4.41. The van der Waals surface area contributed by atoms with Crippen molar-refractivity contribution in [2.45, 2.75) is 13.8 Å². The van der Waals surface area contributed by atoms with Crippen LogP contribution in [0.1, 0.15) is 13.8 Å². The summed E-state index contributed by atoms with van der Waals surface area (Å²) in [7, 11) is 3.47. The summed E-state index contributed by atoms with van der Waals surface area (Å²) in [5.41, 5.74) is 4.98. The Balaban J connectivity index is 4.19. The van der Waals surface area contributed by atoms with Gasteiger partial charge in [-0.3, -0.25) is 4.79 Å². The second-order valence-corrected chi connectivity index (χ2v) is 3.29. The number of rotatable bonds is 2. The molecule has 0 aromatic carbocycles. The molecule has 0 bridgehead atoms. The van der Waals surface area contributed by atoms with Crippen LogP contribution < -0.4 is 5.73 Å². The molecule has 60 valence electrons. The molecule has 0 heterocycles. The van der Waals surface area contributed by atoms with Crippen molar-refractivity contribution in [1.29, 1.82) is 0 Å². The fraction of sp³-hybridized carbons (Fsp3) is 0.857. The molecule has 3 heteroatoms. The average molecular weight is 144 g/mol. The zero-order chi connectivity index (χ0) is 8.36. The van der Waals surface area contributed by atoms with Crippen LogP contribution in [0.4, 0.5) is 0 Å². The SMILES string of the molecule is CN(C)C(=O)C(C)(C)CN. The molecule has 0 atom stereocenters. The summed E-state index contributed by atoms with van der Waals surface area (Å²) >= 11 is 0. The van der Waals surface area contributed by atoms with Crippen molar-refractivity contribution in [3.63, 3.8) is 0 Å². The van der Waals surface area contributed by atoms with E-state index in [-0.39, 0.29) is 5.91 Å². The summed E-state index contributed by atoms with van der Waals surface area (Å²) < 4.78 is 0. The third-order valence-corrected chi connectivity index (χ3v) is 1.50. The minimum absolute atomic E-state index is 0.0787. The van der Waals surface area contributed by atoms with Crippen LogP contribution in [0.25, 0.3) is 0 Å². The van der Waals surface area contributed by atoms with E-state index >= 15 is 0 Å². The fourth-order valence-corrected chi connectivity index (χ4v) is 0.693. The third kappa shape index (κ3) is 1.99. The van der Waals surface area contributed by atoms with E-state index in [1.165, 1.54) is 0 Å². The van der Waals surface area contributed by atoms with E-state index in [4.69, 9.17) is 5.73 Å². The lowest BCUT2D eigenvalue weighted by molar-refractivity contribution is -0.137. The summed E-state index contributed by atoms with van der Waals surface area (Å²) in [5, 5.41) is 0. The van der Waals surface area contributed by atoms with Crippen molar-refractivity contribution in [2.75, 3.05) is 20.6 Å². The van der Waals surface area contributed by atoms with Crippen molar-refractivity contribution in [3.05, 3.63) is 0 Å². The van der Waals surface area contributed by atoms with Crippen molar-refractivity contribution in [3.8, 4) is 0 Å². The highest BCUT2D eigenvalue weighted by Gasteiger charge is 2.26. The number of hydrogen-bond donors (Lipinski definition) is 1. The number of hydrogen-bond acceptors (Lipinski definition) is 2. The minimum atomic E-state index is -0.413. The van der Waals surface area contributed by atoms with Crippen LogP contribution in [-0.4, -0.2) is 31.4 Å². The Hall–Kier alpha value is -0.570. The van der Waals surface area contributed by atoms with E-state index < -0.39 is 5.41 Å². The highest BCUT2D eigenvalue weighted by molar-refractivity contribution is 5.81. The monoisotopic (exact) mass is 144 g/mol. The first-order valence-corrected chi connectivity index (χ1v) is 3.33. The predicted octanol–water partition coefficient (Wildman–Crippen LogP) is 0.0595. The van der Waals surface area contributed by atoms with Gasteiger partial charge in [0, 0.05) is 20.6 Å². The molecule has 2 N–H and O–H groups in total. The van der Waals surface area contributed by atoms with Crippen molar-refractivity contribution in [2.24, 2.45) is 11.1 Å². The Morgan fingerprint density at radius 3 is 2.00 bits per heavy atom. The molecule has 0 aromatic heterocycles. The molecule has 0 aromatic rings. The van der Waals surface area contributed by atoms with Crippen molar-refractivity contribution < 1.29 is 4.79 Å². The Morgan fingerprint density at radius 2 is 1.90 bits per heavy atom. The lowest BCUT2D eigenvalue weighted by Crippen LogP contribution is -2.40. The van der Waals surface area contributed by atoms with E-state index in [9.17, 15) is 4.79 Å². The molecule has 3 nitrogen and oxygen atoms in total. The summed E-state index contributed by atoms with van der Waals surface area (Å²) in [6, 6.07) is 0. The van der Waals surface area contributed by atoms with Gasteiger partial charge in [0.1, 0.15) is 0 Å². The Morgan fingerprint density at radius 1 is 1.50 bits per heavy atom. The van der Waals surface area contributed by atoms with E-state index in [1.807, 2.05) is 13.8 Å². The van der Waals surface area contributed by atoms with Gasteiger partial charge in [0.2, 0.25) is 5.91 Å². The molecule has 0 saturated carbocycles. The van der Waals surface area contributed by atoms with Gasteiger partial charge in [-0.2, -0.15) is 0 Å². The van der Waals surface area contributed by atoms with E-state index in [0.29, 0.717) is 6.54 Å². The topological polar surface area (TPSA) is 46.3 Å². The second kappa shape index (κ2) is 3.01. The molecule has 0 unspecified atom stereocenters. The number of carbonyl (C=O) groups is 1. The number of nitrogens with zero attached hydrogens (tertiary/aromatic N) is 1. The maximum atomic E-state index is 11.2. The van der Waals surface area contributed by atoms with Crippen LogP contribution in [0.3, 0.4) is 0 Å². The van der Waals surface area contributed by atoms with Crippen LogP contribution in [-0.2, 0) is 4.79 Å². The summed E-state index contributed by atoms with van der Waals surface area (Å²) in [6.07, 6.45) is 0. The Kier molecular flexibility index (Phi) is 2.84. The van der Waals surface area contributed by atoms with Crippen LogP contribution in [0.15, 0.2) is 0 Å². The van der Waals surface area contributed by atoms with Gasteiger partial charge in [-0.25, -0.2) is 0 Å². The van der Waals surface area contributed by atoms with Crippen LogP contribution in [0.5, 0.6) is 0 Å². The Labute approximate surface area is 62.2 Å². The molecular formula is C7H16N2O. The average Bonchev–Trinajstić information content (AvgIpc) is 1.86. The maximum Gasteiger partial charge on any atom is 0.228 e. The summed E-state index contributed by atoms with van der Waals surface area (Å²) in [6.45, 7) is 4.08. The van der Waals surface area contributed by atoms with Crippen LogP contribution >= 0.6 is 0 Å². The van der Waals surface area contributed by atoms with E-state index in [0.717, 1.165) is 0 Å². The van der Waals surface area contributed by atoms with Gasteiger partial charge in [0.15, 0.2) is 0 Å². The number of carbonyl (C=O) groups excluding carboxylic acids is 1. The van der Waals surface area contributed by atoms with Gasteiger partial charge in [0.05, 0.1) is 5.41 Å². The zero-order valence-electron chi connectivity index (χ0n) is 7.14. The normalized spacial score (nSPS) is 11.3. The molecule has 1 amide bonds. The minimum Gasteiger partial charge on any atom is -0.348 e. The largest absolute Gasteiger partial charge is 0.348 e. The van der Waals surface area contributed by atoms with Gasteiger partial charge in [-0.1, -0.05) is 0 Å². The van der Waals surface area contributed by atoms with E-state index in [1.54, 1.807) is 19.0 Å². The number of nitrogens with two attached hydrogens (primary N) is 1. The van der Waals surface area contributed by atoms with Gasteiger partial charge >= 0.3 is 0 Å². The fourth-order valence-electron chi connectivity index (χ4n) is 0.693. The zero-order valence-corrected chi connectivity index (χ0v) is 7.14. The standard InChI is InChI=1S/C7H16N2O/c1-7(2,5-8)6(10)9(3)4/h5,8H2,1-4H3. The quantitative estimate of drug-likeness (QED) is 0.595. The van der Waals surface area contributed by atoms with Crippen molar-refractivity contribution in [1.82, 2.24) is 4.90 Å². The predicted molar refractivity (Wildman–Crippen MR) is 41.5 cm³/mol. The van der Waals surface area contributed by atoms with Gasteiger partial charge < -0.3 is 10.6 Å². The van der Waals surface area contributed by atoms with Gasteiger partial charge in [0.25, 0.3) is 0 Å². The molecule has 0 aliphatic carbocycles. The maximum absolute atomic E-state index is 11.2.